The SMILES string of the molecule is CCCOc1ccccc1/C=C(\C#N)C(=O)Nc1ccc(C(C)(C)C)cc1Br. The Balaban J connectivity index is 2.26. The van der Waals surface area contributed by atoms with Crippen molar-refractivity contribution in [1.29, 1.82) is 5.26 Å². The molecule has 1 N–H and O–H groups in total. The first-order valence-corrected chi connectivity index (χ1v) is 10.0. The van der Waals surface area contributed by atoms with Crippen LogP contribution in [0.5, 0.6) is 5.75 Å². The van der Waals surface area contributed by atoms with Gasteiger partial charge in [0.15, 0.2) is 0 Å². The summed E-state index contributed by atoms with van der Waals surface area (Å²) < 4.78 is 6.48. The molecule has 4 nitrogen and oxygen atoms in total. The highest BCUT2D eigenvalue weighted by Crippen LogP contribution is 2.30. The Morgan fingerprint density at radius 2 is 1.96 bits per heavy atom. The van der Waals surface area contributed by atoms with E-state index in [2.05, 4.69) is 42.0 Å². The molecule has 28 heavy (non-hydrogen) atoms. The molecular formula is C23H25BrN2O2. The summed E-state index contributed by atoms with van der Waals surface area (Å²) in [6, 6.07) is 15.2. The first-order valence-electron chi connectivity index (χ1n) is 9.21. The van der Waals surface area contributed by atoms with Gasteiger partial charge in [-0.05, 0) is 57.6 Å². The zero-order valence-electron chi connectivity index (χ0n) is 16.7. The van der Waals surface area contributed by atoms with Crippen LogP contribution >= 0.6 is 15.9 Å². The van der Waals surface area contributed by atoms with E-state index in [4.69, 9.17) is 4.74 Å². The van der Waals surface area contributed by atoms with Crippen LogP contribution in [0.3, 0.4) is 0 Å². The van der Waals surface area contributed by atoms with Gasteiger partial charge in [-0.25, -0.2) is 0 Å². The number of ether oxygens (including phenoxy) is 1. The van der Waals surface area contributed by atoms with Gasteiger partial charge in [-0.3, -0.25) is 4.79 Å². The maximum Gasteiger partial charge on any atom is 0.266 e. The number of nitriles is 1. The molecule has 0 atom stereocenters. The second-order valence-corrected chi connectivity index (χ2v) is 8.31. The highest BCUT2D eigenvalue weighted by atomic mass is 79.9. The average molecular weight is 441 g/mol. The van der Waals surface area contributed by atoms with E-state index in [0.29, 0.717) is 23.6 Å². The number of carbonyl (C=O) groups is 1. The molecule has 0 saturated heterocycles. The van der Waals surface area contributed by atoms with Crippen molar-refractivity contribution in [1.82, 2.24) is 0 Å². The number of halogens is 1. The normalized spacial score (nSPS) is 11.6. The van der Waals surface area contributed by atoms with Crippen LogP contribution in [0.4, 0.5) is 5.69 Å². The Bertz CT molecular complexity index is 921. The van der Waals surface area contributed by atoms with Gasteiger partial charge in [-0.15, -0.1) is 0 Å². The maximum absolute atomic E-state index is 12.6. The second-order valence-electron chi connectivity index (χ2n) is 7.45. The van der Waals surface area contributed by atoms with Crippen LogP contribution in [0, 0.1) is 11.3 Å². The van der Waals surface area contributed by atoms with E-state index in [1.165, 1.54) is 0 Å². The van der Waals surface area contributed by atoms with Crippen molar-refractivity contribution in [2.45, 2.75) is 39.5 Å². The van der Waals surface area contributed by atoms with Crippen molar-refractivity contribution < 1.29 is 9.53 Å². The van der Waals surface area contributed by atoms with Gasteiger partial charge in [-0.2, -0.15) is 5.26 Å². The van der Waals surface area contributed by atoms with E-state index in [-0.39, 0.29) is 11.0 Å². The van der Waals surface area contributed by atoms with Crippen molar-refractivity contribution in [3.05, 3.63) is 63.6 Å². The maximum atomic E-state index is 12.6. The van der Waals surface area contributed by atoms with E-state index in [1.54, 1.807) is 6.08 Å². The number of benzene rings is 2. The van der Waals surface area contributed by atoms with Crippen LogP contribution in [0.1, 0.15) is 45.2 Å². The van der Waals surface area contributed by atoms with Gasteiger partial charge < -0.3 is 10.1 Å². The first-order chi connectivity index (χ1) is 13.3. The van der Waals surface area contributed by atoms with Gasteiger partial charge in [0.1, 0.15) is 17.4 Å². The molecule has 5 heteroatoms. The number of nitrogens with zero attached hydrogens (tertiary/aromatic N) is 1. The molecule has 0 aliphatic carbocycles. The van der Waals surface area contributed by atoms with Crippen LogP contribution in [0.2, 0.25) is 0 Å². The van der Waals surface area contributed by atoms with Crippen molar-refractivity contribution >= 4 is 33.6 Å². The molecule has 0 unspecified atom stereocenters. The molecule has 2 aromatic carbocycles. The van der Waals surface area contributed by atoms with E-state index < -0.39 is 5.91 Å². The fourth-order valence-corrected chi connectivity index (χ4v) is 3.00. The number of nitrogens with one attached hydrogen (secondary N) is 1. The minimum absolute atomic E-state index is 0.00494. The summed E-state index contributed by atoms with van der Waals surface area (Å²) in [4.78, 5) is 12.6. The van der Waals surface area contributed by atoms with Crippen LogP contribution in [-0.2, 0) is 10.2 Å². The molecule has 0 heterocycles. The third kappa shape index (κ3) is 5.71. The molecule has 146 valence electrons. The molecule has 0 aliphatic heterocycles. The number of carbonyl (C=O) groups excluding carboxylic acids is 1. The third-order valence-corrected chi connectivity index (χ3v) is 4.79. The summed E-state index contributed by atoms with van der Waals surface area (Å²) in [7, 11) is 0. The van der Waals surface area contributed by atoms with Gasteiger partial charge in [0.2, 0.25) is 0 Å². The van der Waals surface area contributed by atoms with Crippen molar-refractivity contribution in [2.75, 3.05) is 11.9 Å². The summed E-state index contributed by atoms with van der Waals surface area (Å²) in [5, 5.41) is 12.3. The predicted molar refractivity (Wildman–Crippen MR) is 117 cm³/mol. The van der Waals surface area contributed by atoms with Gasteiger partial charge in [-0.1, -0.05) is 52.0 Å². The molecule has 2 aromatic rings. The lowest BCUT2D eigenvalue weighted by Gasteiger charge is -2.20. The molecule has 0 aliphatic rings. The number of amides is 1. The second kappa shape index (κ2) is 9.57. The van der Waals surface area contributed by atoms with Gasteiger partial charge in [0, 0.05) is 10.0 Å². The Kier molecular flexibility index (Phi) is 7.42. The topological polar surface area (TPSA) is 62.1 Å². The minimum Gasteiger partial charge on any atom is -0.493 e. The first kappa shape index (κ1) is 21.7. The highest BCUT2D eigenvalue weighted by Gasteiger charge is 2.17. The van der Waals surface area contributed by atoms with Gasteiger partial charge in [0.05, 0.1) is 12.3 Å². The number of rotatable bonds is 6. The van der Waals surface area contributed by atoms with Crippen molar-refractivity contribution in [2.24, 2.45) is 0 Å². The van der Waals surface area contributed by atoms with E-state index in [9.17, 15) is 10.1 Å². The predicted octanol–water partition coefficient (Wildman–Crippen LogP) is 6.08. The summed E-state index contributed by atoms with van der Waals surface area (Å²) in [5.74, 6) is 0.192. The van der Waals surface area contributed by atoms with Crippen LogP contribution in [-0.4, -0.2) is 12.5 Å². The third-order valence-electron chi connectivity index (χ3n) is 4.13. The fraction of sp³-hybridized carbons (Fsp3) is 0.304. The fourth-order valence-electron chi connectivity index (χ4n) is 2.52. The quantitative estimate of drug-likeness (QED) is 0.437. The molecule has 0 saturated carbocycles. The number of hydrogen-bond donors (Lipinski definition) is 1. The zero-order valence-corrected chi connectivity index (χ0v) is 18.3. The van der Waals surface area contributed by atoms with E-state index >= 15 is 0 Å². The number of anilines is 1. The standard InChI is InChI=1S/C23H25BrN2O2/c1-5-12-28-21-9-7-6-8-16(21)13-17(15-25)22(27)26-20-11-10-18(14-19(20)24)23(2,3)4/h6-11,13-14H,5,12H2,1-4H3,(H,26,27)/b17-13+. The summed E-state index contributed by atoms with van der Waals surface area (Å²) >= 11 is 3.51. The molecule has 0 radical (unpaired) electrons. The largest absolute Gasteiger partial charge is 0.493 e. The lowest BCUT2D eigenvalue weighted by molar-refractivity contribution is -0.112. The Morgan fingerprint density at radius 1 is 1.25 bits per heavy atom. The van der Waals surface area contributed by atoms with Crippen molar-refractivity contribution in [3.8, 4) is 11.8 Å². The Labute approximate surface area is 175 Å². The van der Waals surface area contributed by atoms with Gasteiger partial charge >= 0.3 is 0 Å². The lowest BCUT2D eigenvalue weighted by atomic mass is 9.87. The van der Waals surface area contributed by atoms with Crippen LogP contribution in [0.25, 0.3) is 6.08 Å². The smallest absolute Gasteiger partial charge is 0.266 e. The Morgan fingerprint density at radius 3 is 2.57 bits per heavy atom. The van der Waals surface area contributed by atoms with Crippen LogP contribution < -0.4 is 10.1 Å². The Hall–Kier alpha value is -2.58. The summed E-state index contributed by atoms with van der Waals surface area (Å²) in [6.07, 6.45) is 2.43. The zero-order chi connectivity index (χ0) is 20.7. The molecule has 0 spiro atoms. The molecule has 2 rings (SSSR count). The lowest BCUT2D eigenvalue weighted by Crippen LogP contribution is -2.15. The molecule has 0 fully saturated rings. The monoisotopic (exact) mass is 440 g/mol. The number of hydrogen-bond acceptors (Lipinski definition) is 3. The van der Waals surface area contributed by atoms with E-state index in [1.807, 2.05) is 55.5 Å². The average Bonchev–Trinajstić information content (AvgIpc) is 2.65. The van der Waals surface area contributed by atoms with Gasteiger partial charge in [0.25, 0.3) is 5.91 Å². The summed E-state index contributed by atoms with van der Waals surface area (Å²) in [6.45, 7) is 8.98. The number of para-hydroxylation sites is 1. The molecule has 0 bridgehead atoms. The highest BCUT2D eigenvalue weighted by molar-refractivity contribution is 9.10. The van der Waals surface area contributed by atoms with E-state index in [0.717, 1.165) is 16.5 Å². The summed E-state index contributed by atoms with van der Waals surface area (Å²) in [5.41, 5.74) is 2.49. The molecule has 1 amide bonds. The van der Waals surface area contributed by atoms with Crippen LogP contribution in [0.15, 0.2) is 52.5 Å². The van der Waals surface area contributed by atoms with Crippen molar-refractivity contribution in [3.63, 3.8) is 0 Å². The minimum atomic E-state index is -0.461. The molecule has 0 aromatic heterocycles. The molecular weight excluding hydrogens is 416 g/mol.